The molecule has 0 N–H and O–H groups in total. The Morgan fingerprint density at radius 2 is 1.86 bits per heavy atom. The Morgan fingerprint density at radius 1 is 1.07 bits per heavy atom. The molecule has 4 aromatic rings. The van der Waals surface area contributed by atoms with E-state index in [0.29, 0.717) is 23.8 Å². The molecule has 5 nitrogen and oxygen atoms in total. The molecule has 0 unspecified atom stereocenters. The molecule has 0 aliphatic rings. The molecule has 0 saturated heterocycles. The van der Waals surface area contributed by atoms with E-state index in [4.69, 9.17) is 9.72 Å². The molecule has 0 aliphatic carbocycles. The van der Waals surface area contributed by atoms with Crippen LogP contribution in [0.5, 0.6) is 5.75 Å². The Kier molecular flexibility index (Phi) is 5.53. The predicted octanol–water partition coefficient (Wildman–Crippen LogP) is 4.78. The van der Waals surface area contributed by atoms with Gasteiger partial charge in [-0.05, 0) is 35.7 Å². The fourth-order valence-corrected chi connectivity index (χ4v) is 4.25. The fourth-order valence-electron chi connectivity index (χ4n) is 3.18. The highest BCUT2D eigenvalue weighted by molar-refractivity contribution is 7.22. The molecule has 146 valence electrons. The third kappa shape index (κ3) is 4.12. The van der Waals surface area contributed by atoms with Crippen molar-refractivity contribution in [1.29, 1.82) is 0 Å². The molecule has 2 aromatic carbocycles. The van der Waals surface area contributed by atoms with E-state index >= 15 is 0 Å². The first kappa shape index (κ1) is 19.1. The summed E-state index contributed by atoms with van der Waals surface area (Å²) in [5.41, 5.74) is 3.83. The number of aryl methyl sites for hydroxylation is 1. The fraction of sp³-hybridized carbons (Fsp3) is 0.174. The zero-order valence-electron chi connectivity index (χ0n) is 16.3. The lowest BCUT2D eigenvalue weighted by Gasteiger charge is -2.20. The standard InChI is InChI=1S/C23H21N3O2S/c1-16-10-11-19(28-2)21-22(16)29-23(25-21)26(15-18-9-6-12-24-14-18)20(27)13-17-7-4-3-5-8-17/h3-12,14H,13,15H2,1-2H3. The van der Waals surface area contributed by atoms with Crippen LogP contribution < -0.4 is 9.64 Å². The van der Waals surface area contributed by atoms with Crippen molar-refractivity contribution in [2.45, 2.75) is 19.9 Å². The number of methoxy groups -OCH3 is 1. The van der Waals surface area contributed by atoms with Crippen molar-refractivity contribution >= 4 is 32.6 Å². The van der Waals surface area contributed by atoms with Crippen LogP contribution in [0.4, 0.5) is 5.13 Å². The van der Waals surface area contributed by atoms with Crippen LogP contribution >= 0.6 is 11.3 Å². The molecular formula is C23H21N3O2S. The molecule has 0 saturated carbocycles. The third-order valence-electron chi connectivity index (χ3n) is 4.71. The van der Waals surface area contributed by atoms with E-state index in [0.717, 1.165) is 26.9 Å². The van der Waals surface area contributed by atoms with Crippen molar-refractivity contribution < 1.29 is 9.53 Å². The average Bonchev–Trinajstić information content (AvgIpc) is 3.20. The Labute approximate surface area is 173 Å². The van der Waals surface area contributed by atoms with E-state index in [1.165, 1.54) is 11.3 Å². The second-order valence-electron chi connectivity index (χ2n) is 6.76. The number of thiazole rings is 1. The number of carbonyl (C=O) groups is 1. The van der Waals surface area contributed by atoms with Gasteiger partial charge in [0.15, 0.2) is 5.13 Å². The lowest BCUT2D eigenvalue weighted by atomic mass is 10.1. The Bertz CT molecular complexity index is 1130. The van der Waals surface area contributed by atoms with Crippen molar-refractivity contribution in [3.05, 3.63) is 83.7 Å². The highest BCUT2D eigenvalue weighted by Crippen LogP contribution is 2.37. The van der Waals surface area contributed by atoms with Gasteiger partial charge in [-0.2, -0.15) is 0 Å². The number of aromatic nitrogens is 2. The van der Waals surface area contributed by atoms with Gasteiger partial charge >= 0.3 is 0 Å². The molecule has 0 spiro atoms. The largest absolute Gasteiger partial charge is 0.494 e. The average molecular weight is 404 g/mol. The van der Waals surface area contributed by atoms with Crippen molar-refractivity contribution in [2.75, 3.05) is 12.0 Å². The second kappa shape index (κ2) is 8.41. The number of pyridine rings is 1. The maximum Gasteiger partial charge on any atom is 0.233 e. The van der Waals surface area contributed by atoms with Gasteiger partial charge in [0, 0.05) is 12.4 Å². The van der Waals surface area contributed by atoms with Gasteiger partial charge in [-0.3, -0.25) is 14.7 Å². The number of hydrogen-bond acceptors (Lipinski definition) is 5. The lowest BCUT2D eigenvalue weighted by molar-refractivity contribution is -0.118. The second-order valence-corrected chi connectivity index (χ2v) is 7.74. The summed E-state index contributed by atoms with van der Waals surface area (Å²) in [5, 5.41) is 0.664. The summed E-state index contributed by atoms with van der Waals surface area (Å²) >= 11 is 1.51. The molecule has 2 aromatic heterocycles. The molecule has 0 radical (unpaired) electrons. The minimum atomic E-state index is -0.00395. The first-order chi connectivity index (χ1) is 14.2. The quantitative estimate of drug-likeness (QED) is 0.465. The van der Waals surface area contributed by atoms with Crippen LogP contribution in [0.15, 0.2) is 67.0 Å². The summed E-state index contributed by atoms with van der Waals surface area (Å²) in [4.78, 5) is 24.0. The van der Waals surface area contributed by atoms with Crippen LogP contribution in [0.2, 0.25) is 0 Å². The first-order valence-corrected chi connectivity index (χ1v) is 10.1. The lowest BCUT2D eigenvalue weighted by Crippen LogP contribution is -2.31. The Hall–Kier alpha value is -3.25. The van der Waals surface area contributed by atoms with E-state index in [1.807, 2.05) is 61.5 Å². The molecule has 0 aliphatic heterocycles. The molecule has 2 heterocycles. The minimum absolute atomic E-state index is 0.00395. The number of hydrogen-bond donors (Lipinski definition) is 0. The number of nitrogens with zero attached hydrogens (tertiary/aromatic N) is 3. The van der Waals surface area contributed by atoms with E-state index in [-0.39, 0.29) is 5.91 Å². The smallest absolute Gasteiger partial charge is 0.233 e. The van der Waals surface area contributed by atoms with E-state index in [9.17, 15) is 4.79 Å². The summed E-state index contributed by atoms with van der Waals surface area (Å²) in [6.07, 6.45) is 3.82. The summed E-state index contributed by atoms with van der Waals surface area (Å²) in [5.74, 6) is 0.709. The van der Waals surface area contributed by atoms with Crippen LogP contribution in [0.1, 0.15) is 16.7 Å². The predicted molar refractivity (Wildman–Crippen MR) is 116 cm³/mol. The minimum Gasteiger partial charge on any atom is -0.494 e. The summed E-state index contributed by atoms with van der Waals surface area (Å²) < 4.78 is 6.51. The molecule has 0 bridgehead atoms. The highest BCUT2D eigenvalue weighted by atomic mass is 32.1. The van der Waals surface area contributed by atoms with Crippen LogP contribution in [0, 0.1) is 6.92 Å². The molecule has 1 amide bonds. The SMILES string of the molecule is COc1ccc(C)c2sc(N(Cc3cccnc3)C(=O)Cc3ccccc3)nc12. The maximum atomic E-state index is 13.3. The van der Waals surface area contributed by atoms with Gasteiger partial charge in [0.05, 0.1) is 24.8 Å². The number of fused-ring (bicyclic) bond motifs is 1. The first-order valence-electron chi connectivity index (χ1n) is 9.33. The Morgan fingerprint density at radius 3 is 2.59 bits per heavy atom. The van der Waals surface area contributed by atoms with Gasteiger partial charge < -0.3 is 4.74 Å². The molecule has 29 heavy (non-hydrogen) atoms. The van der Waals surface area contributed by atoms with E-state index in [2.05, 4.69) is 4.98 Å². The Balaban J connectivity index is 1.74. The van der Waals surface area contributed by atoms with Crippen molar-refractivity contribution in [1.82, 2.24) is 9.97 Å². The van der Waals surface area contributed by atoms with Gasteiger partial charge in [0.25, 0.3) is 0 Å². The number of rotatable bonds is 6. The van der Waals surface area contributed by atoms with Crippen LogP contribution in [-0.4, -0.2) is 23.0 Å². The topological polar surface area (TPSA) is 55.3 Å². The number of ether oxygens (including phenoxy) is 1. The maximum absolute atomic E-state index is 13.3. The number of carbonyl (C=O) groups excluding carboxylic acids is 1. The van der Waals surface area contributed by atoms with Crippen LogP contribution in [-0.2, 0) is 17.8 Å². The summed E-state index contributed by atoms with van der Waals surface area (Å²) in [6.45, 7) is 2.46. The third-order valence-corrected chi connectivity index (χ3v) is 5.92. The molecule has 0 atom stereocenters. The van der Waals surface area contributed by atoms with Crippen molar-refractivity contribution in [3.63, 3.8) is 0 Å². The van der Waals surface area contributed by atoms with Crippen LogP contribution in [0.3, 0.4) is 0 Å². The van der Waals surface area contributed by atoms with Gasteiger partial charge in [0.1, 0.15) is 11.3 Å². The van der Waals surface area contributed by atoms with Gasteiger partial charge in [-0.15, -0.1) is 0 Å². The zero-order chi connectivity index (χ0) is 20.2. The van der Waals surface area contributed by atoms with Gasteiger partial charge in [-0.1, -0.05) is 53.8 Å². The zero-order valence-corrected chi connectivity index (χ0v) is 17.1. The normalized spacial score (nSPS) is 10.8. The molecular weight excluding hydrogens is 382 g/mol. The molecule has 0 fully saturated rings. The number of amides is 1. The van der Waals surface area contributed by atoms with Gasteiger partial charge in [0.2, 0.25) is 5.91 Å². The molecule has 4 rings (SSSR count). The van der Waals surface area contributed by atoms with Gasteiger partial charge in [-0.25, -0.2) is 4.98 Å². The van der Waals surface area contributed by atoms with Crippen molar-refractivity contribution in [3.8, 4) is 5.75 Å². The summed E-state index contributed by atoms with van der Waals surface area (Å²) in [7, 11) is 1.64. The monoisotopic (exact) mass is 403 g/mol. The summed E-state index contributed by atoms with van der Waals surface area (Å²) in [6, 6.07) is 17.5. The van der Waals surface area contributed by atoms with Crippen molar-refractivity contribution in [2.24, 2.45) is 0 Å². The molecule has 6 heteroatoms. The highest BCUT2D eigenvalue weighted by Gasteiger charge is 2.22. The van der Waals surface area contributed by atoms with Crippen LogP contribution in [0.25, 0.3) is 10.2 Å². The number of anilines is 1. The number of benzene rings is 2. The van der Waals surface area contributed by atoms with E-state index in [1.54, 1.807) is 24.4 Å². The van der Waals surface area contributed by atoms with E-state index < -0.39 is 0 Å².